The zero-order valence-electron chi connectivity index (χ0n) is 16.5. The lowest BCUT2D eigenvalue weighted by Gasteiger charge is -2.16. The summed E-state index contributed by atoms with van der Waals surface area (Å²) >= 11 is 0. The number of nitrogens with zero attached hydrogens (tertiary/aromatic N) is 1. The monoisotopic (exact) mass is 413 g/mol. The summed E-state index contributed by atoms with van der Waals surface area (Å²) in [5, 5.41) is 0. The molecule has 1 aromatic rings. The lowest BCUT2D eigenvalue weighted by Crippen LogP contribution is -2.46. The van der Waals surface area contributed by atoms with Gasteiger partial charge < -0.3 is 4.74 Å². The van der Waals surface area contributed by atoms with E-state index in [0.29, 0.717) is 18.4 Å². The second kappa shape index (κ2) is 9.34. The fourth-order valence-electron chi connectivity index (χ4n) is 3.48. The summed E-state index contributed by atoms with van der Waals surface area (Å²) in [6.07, 6.45) is 3.47. The van der Waals surface area contributed by atoms with E-state index in [1.807, 2.05) is 12.2 Å². The van der Waals surface area contributed by atoms with E-state index in [0.717, 1.165) is 4.90 Å². The van der Waals surface area contributed by atoms with Crippen LogP contribution in [0.3, 0.4) is 0 Å². The number of hydrogen-bond acceptors (Lipinski definition) is 6. The second-order valence-electron chi connectivity index (χ2n) is 7.18. The van der Waals surface area contributed by atoms with Crippen molar-refractivity contribution in [3.63, 3.8) is 0 Å². The van der Waals surface area contributed by atoms with Crippen LogP contribution in [0.25, 0.3) is 0 Å². The van der Waals surface area contributed by atoms with Crippen molar-refractivity contribution < 1.29 is 28.7 Å². The van der Waals surface area contributed by atoms with Crippen molar-refractivity contribution >= 4 is 29.6 Å². The minimum atomic E-state index is -1.16. The molecule has 0 spiro atoms. The molecule has 2 aliphatic rings. The first kappa shape index (κ1) is 21.2. The van der Waals surface area contributed by atoms with Gasteiger partial charge in [-0.25, -0.2) is 0 Å². The predicted octanol–water partition coefficient (Wildman–Crippen LogP) is 0.721. The van der Waals surface area contributed by atoms with Crippen molar-refractivity contribution in [2.24, 2.45) is 11.8 Å². The highest BCUT2D eigenvalue weighted by Gasteiger charge is 2.47. The van der Waals surface area contributed by atoms with E-state index in [1.165, 1.54) is 6.92 Å². The largest absolute Gasteiger partial charge is 0.452 e. The number of imide groups is 1. The fraction of sp³-hybridized carbons (Fsp3) is 0.381. The van der Waals surface area contributed by atoms with Crippen molar-refractivity contribution in [1.29, 1.82) is 0 Å². The van der Waals surface area contributed by atoms with Gasteiger partial charge >= 0.3 is 5.97 Å². The molecule has 3 atom stereocenters. The molecule has 158 valence electrons. The normalized spacial score (nSPS) is 21.0. The Morgan fingerprint density at radius 3 is 2.23 bits per heavy atom. The van der Waals surface area contributed by atoms with Gasteiger partial charge in [-0.2, -0.15) is 0 Å². The molecule has 3 rings (SSSR count). The highest BCUT2D eigenvalue weighted by Crippen LogP contribution is 2.34. The van der Waals surface area contributed by atoms with Crippen LogP contribution in [0.15, 0.2) is 42.5 Å². The number of hydrazine groups is 1. The average Bonchev–Trinajstić information content (AvgIpc) is 3.01. The number of allylic oxidation sites excluding steroid dienone is 2. The van der Waals surface area contributed by atoms with E-state index >= 15 is 0 Å². The second-order valence-corrected chi connectivity index (χ2v) is 7.18. The number of benzene rings is 1. The van der Waals surface area contributed by atoms with E-state index in [2.05, 4.69) is 10.9 Å². The predicted molar refractivity (Wildman–Crippen MR) is 104 cm³/mol. The van der Waals surface area contributed by atoms with Gasteiger partial charge in [-0.1, -0.05) is 30.4 Å². The van der Waals surface area contributed by atoms with Gasteiger partial charge in [0.25, 0.3) is 11.8 Å². The molecule has 9 nitrogen and oxygen atoms in total. The molecule has 1 fully saturated rings. The Bertz CT molecular complexity index is 856. The molecule has 2 N–H and O–H groups in total. The Balaban J connectivity index is 1.42. The van der Waals surface area contributed by atoms with E-state index in [9.17, 15) is 24.0 Å². The van der Waals surface area contributed by atoms with E-state index in [-0.39, 0.29) is 36.6 Å². The minimum Gasteiger partial charge on any atom is -0.452 e. The zero-order valence-corrected chi connectivity index (χ0v) is 16.5. The summed E-state index contributed by atoms with van der Waals surface area (Å²) in [4.78, 5) is 61.8. The summed E-state index contributed by atoms with van der Waals surface area (Å²) in [6.45, 7) is 1.27. The molecular formula is C21H23N3O6. The molecule has 0 saturated carbocycles. The molecule has 1 aliphatic heterocycles. The van der Waals surface area contributed by atoms with Gasteiger partial charge in [-0.3, -0.25) is 39.7 Å². The molecule has 30 heavy (non-hydrogen) atoms. The number of nitrogens with one attached hydrogen (secondary N) is 2. The van der Waals surface area contributed by atoms with Crippen LogP contribution in [0.1, 0.15) is 36.5 Å². The Hall–Kier alpha value is -3.49. The maximum atomic E-state index is 12.4. The maximum Gasteiger partial charge on any atom is 0.308 e. The number of likely N-dealkylation sites (tertiary alicyclic amines) is 1. The van der Waals surface area contributed by atoms with Crippen LogP contribution in [0, 0.1) is 11.8 Å². The van der Waals surface area contributed by atoms with Crippen molar-refractivity contribution in [3.05, 3.63) is 48.0 Å². The Morgan fingerprint density at radius 1 is 1.03 bits per heavy atom. The summed E-state index contributed by atoms with van der Waals surface area (Å²) in [7, 11) is 0. The van der Waals surface area contributed by atoms with Gasteiger partial charge in [-0.05, 0) is 31.9 Å². The number of rotatable bonds is 6. The number of ether oxygens (including phenoxy) is 1. The molecule has 1 aliphatic carbocycles. The molecule has 0 unspecified atom stereocenters. The highest BCUT2D eigenvalue weighted by molar-refractivity contribution is 6.05. The molecular weight excluding hydrogens is 390 g/mol. The lowest BCUT2D eigenvalue weighted by molar-refractivity contribution is -0.155. The third kappa shape index (κ3) is 4.73. The number of carbonyl (C=O) groups is 5. The van der Waals surface area contributed by atoms with Crippen molar-refractivity contribution in [2.45, 2.75) is 32.3 Å². The smallest absolute Gasteiger partial charge is 0.308 e. The number of esters is 1. The first-order valence-electron chi connectivity index (χ1n) is 9.73. The molecule has 0 bridgehead atoms. The van der Waals surface area contributed by atoms with E-state index in [4.69, 9.17) is 4.74 Å². The van der Waals surface area contributed by atoms with Gasteiger partial charge in [0.1, 0.15) is 0 Å². The summed E-state index contributed by atoms with van der Waals surface area (Å²) in [5.41, 5.74) is 4.79. The van der Waals surface area contributed by atoms with Crippen LogP contribution in [0.4, 0.5) is 0 Å². The van der Waals surface area contributed by atoms with Crippen molar-refractivity contribution in [3.8, 4) is 0 Å². The van der Waals surface area contributed by atoms with Crippen LogP contribution in [0.5, 0.6) is 0 Å². The fourth-order valence-corrected chi connectivity index (χ4v) is 3.48. The van der Waals surface area contributed by atoms with Gasteiger partial charge in [0.05, 0.1) is 18.3 Å². The maximum absolute atomic E-state index is 12.4. The minimum absolute atomic E-state index is 0.0808. The standard InChI is InChI=1S/C21H23N3O6/c1-13(18(26)22-23-19(27)14-7-3-2-4-8-14)30-17(25)11-12-24-20(28)15-9-5-6-10-16(15)21(24)29/h2-8,13,15-16H,9-12H2,1H3,(H,22,26)(H,23,27)/t13-,15-,16+/m1/s1. The van der Waals surface area contributed by atoms with Crippen molar-refractivity contribution in [2.75, 3.05) is 6.54 Å². The van der Waals surface area contributed by atoms with Gasteiger partial charge in [0, 0.05) is 12.1 Å². The van der Waals surface area contributed by atoms with Crippen LogP contribution >= 0.6 is 0 Å². The Kier molecular flexibility index (Phi) is 6.61. The number of amides is 4. The van der Waals surface area contributed by atoms with E-state index in [1.54, 1.807) is 30.3 Å². The molecule has 0 radical (unpaired) electrons. The Labute approximate surface area is 173 Å². The first-order chi connectivity index (χ1) is 14.4. The molecule has 1 saturated heterocycles. The average molecular weight is 413 g/mol. The summed E-state index contributed by atoms with van der Waals surface area (Å²) < 4.78 is 5.04. The molecule has 0 aromatic heterocycles. The molecule has 9 heteroatoms. The summed E-state index contributed by atoms with van der Waals surface area (Å²) in [5.74, 6) is -3.18. The molecule has 4 amide bonds. The number of carbonyl (C=O) groups excluding carboxylic acids is 5. The van der Waals surface area contributed by atoms with Crippen LogP contribution in [-0.4, -0.2) is 47.1 Å². The molecule has 1 heterocycles. The summed E-state index contributed by atoms with van der Waals surface area (Å²) in [6, 6.07) is 8.28. The van der Waals surface area contributed by atoms with Crippen LogP contribution < -0.4 is 10.9 Å². The zero-order chi connectivity index (χ0) is 21.7. The Morgan fingerprint density at radius 2 is 1.63 bits per heavy atom. The number of fused-ring (bicyclic) bond motifs is 1. The lowest BCUT2D eigenvalue weighted by atomic mass is 9.85. The quantitative estimate of drug-likeness (QED) is 0.307. The van der Waals surface area contributed by atoms with Gasteiger partial charge in [-0.15, -0.1) is 0 Å². The molecule has 1 aromatic carbocycles. The van der Waals surface area contributed by atoms with Crippen LogP contribution in [-0.2, 0) is 23.9 Å². The highest BCUT2D eigenvalue weighted by atomic mass is 16.5. The third-order valence-electron chi connectivity index (χ3n) is 5.15. The van der Waals surface area contributed by atoms with Crippen molar-refractivity contribution in [1.82, 2.24) is 15.8 Å². The topological polar surface area (TPSA) is 122 Å². The van der Waals surface area contributed by atoms with Gasteiger partial charge in [0.15, 0.2) is 6.10 Å². The van der Waals surface area contributed by atoms with Gasteiger partial charge in [0.2, 0.25) is 11.8 Å². The number of hydrogen-bond donors (Lipinski definition) is 2. The third-order valence-corrected chi connectivity index (χ3v) is 5.15. The SMILES string of the molecule is C[C@@H](OC(=O)CCN1C(=O)[C@H]2CC=CC[C@H]2C1=O)C(=O)NNC(=O)c1ccccc1. The first-order valence-corrected chi connectivity index (χ1v) is 9.73. The van der Waals surface area contributed by atoms with Crippen LogP contribution in [0.2, 0.25) is 0 Å². The van der Waals surface area contributed by atoms with E-state index < -0.39 is 23.9 Å².